The molecule has 0 aliphatic carbocycles. The van der Waals surface area contributed by atoms with Crippen LogP contribution in [0.3, 0.4) is 0 Å². The van der Waals surface area contributed by atoms with Crippen molar-refractivity contribution in [2.24, 2.45) is 7.05 Å². The number of rotatable bonds is 8. The fourth-order valence-corrected chi connectivity index (χ4v) is 3.34. The summed E-state index contributed by atoms with van der Waals surface area (Å²) in [6, 6.07) is 14.1. The van der Waals surface area contributed by atoms with Crippen LogP contribution in [-0.4, -0.2) is 59.7 Å². The zero-order valence-electron chi connectivity index (χ0n) is 15.6. The molecule has 0 N–H and O–H groups in total. The average molecular weight is 355 g/mol. The zero-order valence-corrected chi connectivity index (χ0v) is 15.6. The lowest BCUT2D eigenvalue weighted by molar-refractivity contribution is -0.131. The summed E-state index contributed by atoms with van der Waals surface area (Å²) in [7, 11) is 2.03. The van der Waals surface area contributed by atoms with E-state index in [1.165, 1.54) is 0 Å². The topological polar surface area (TPSA) is 37.7 Å². The number of benzene rings is 1. The Balaban J connectivity index is 1.58. The average Bonchev–Trinajstić information content (AvgIpc) is 3.07. The Bertz CT molecular complexity index is 678. The lowest BCUT2D eigenvalue weighted by Crippen LogP contribution is -2.39. The number of hydrogen-bond donors (Lipinski definition) is 0. The summed E-state index contributed by atoms with van der Waals surface area (Å²) in [5.74, 6) is 0.194. The maximum absolute atomic E-state index is 12.9. The smallest absolute Gasteiger partial charge is 0.227 e. The quantitative estimate of drug-likeness (QED) is 0.729. The Labute approximate surface area is 156 Å². The van der Waals surface area contributed by atoms with E-state index in [9.17, 15) is 4.79 Å². The number of morpholine rings is 1. The number of nitrogens with zero attached hydrogens (tertiary/aromatic N) is 3. The molecule has 0 saturated carbocycles. The molecule has 1 aromatic carbocycles. The molecular formula is C21H29N3O2. The molecule has 140 valence electrons. The first-order chi connectivity index (χ1) is 12.7. The van der Waals surface area contributed by atoms with Crippen LogP contribution >= 0.6 is 0 Å². The zero-order chi connectivity index (χ0) is 18.2. The lowest BCUT2D eigenvalue weighted by Gasteiger charge is -2.28. The van der Waals surface area contributed by atoms with Crippen molar-refractivity contribution in [2.75, 3.05) is 39.4 Å². The number of ether oxygens (including phenoxy) is 1. The molecule has 1 aliphatic rings. The molecule has 5 nitrogen and oxygen atoms in total. The van der Waals surface area contributed by atoms with Crippen molar-refractivity contribution in [2.45, 2.75) is 19.4 Å². The molecule has 1 fully saturated rings. The van der Waals surface area contributed by atoms with Crippen LogP contribution < -0.4 is 0 Å². The van der Waals surface area contributed by atoms with E-state index >= 15 is 0 Å². The maximum atomic E-state index is 12.9. The summed E-state index contributed by atoms with van der Waals surface area (Å²) in [6.07, 6.45) is 3.48. The Morgan fingerprint density at radius 3 is 2.58 bits per heavy atom. The predicted octanol–water partition coefficient (Wildman–Crippen LogP) is 2.32. The first kappa shape index (κ1) is 18.7. The van der Waals surface area contributed by atoms with Gasteiger partial charge in [0.25, 0.3) is 0 Å². The molecule has 0 atom stereocenters. The van der Waals surface area contributed by atoms with E-state index in [4.69, 9.17) is 4.74 Å². The fourth-order valence-electron chi connectivity index (χ4n) is 3.34. The minimum Gasteiger partial charge on any atom is -0.379 e. The van der Waals surface area contributed by atoms with Crippen molar-refractivity contribution in [1.82, 2.24) is 14.4 Å². The molecule has 26 heavy (non-hydrogen) atoms. The second-order valence-electron chi connectivity index (χ2n) is 6.90. The lowest BCUT2D eigenvalue weighted by atomic mass is 10.1. The predicted molar refractivity (Wildman–Crippen MR) is 103 cm³/mol. The highest BCUT2D eigenvalue weighted by atomic mass is 16.5. The van der Waals surface area contributed by atoms with Crippen molar-refractivity contribution in [3.63, 3.8) is 0 Å². The Morgan fingerprint density at radius 2 is 1.88 bits per heavy atom. The van der Waals surface area contributed by atoms with Gasteiger partial charge in [-0.3, -0.25) is 9.69 Å². The van der Waals surface area contributed by atoms with Gasteiger partial charge in [-0.05, 0) is 24.1 Å². The molecule has 0 unspecified atom stereocenters. The standard InChI is InChI=1S/C21H29N3O2/c1-22-10-5-9-20(22)18-24(12-6-11-23-13-15-26-16-14-23)21(25)17-19-7-3-2-4-8-19/h2-5,7-10H,6,11-18H2,1H3. The molecule has 2 aromatic rings. The molecule has 0 spiro atoms. The molecule has 1 amide bonds. The number of amides is 1. The third-order valence-electron chi connectivity index (χ3n) is 4.96. The minimum absolute atomic E-state index is 0.194. The Kier molecular flexibility index (Phi) is 6.86. The number of aryl methyl sites for hydroxylation is 1. The highest BCUT2D eigenvalue weighted by Crippen LogP contribution is 2.10. The SMILES string of the molecule is Cn1cccc1CN(CCCN1CCOCC1)C(=O)Cc1ccccc1. The van der Waals surface area contributed by atoms with Crippen molar-refractivity contribution >= 4 is 5.91 Å². The summed E-state index contributed by atoms with van der Waals surface area (Å²) in [4.78, 5) is 17.3. The van der Waals surface area contributed by atoms with Crippen LogP contribution in [0.2, 0.25) is 0 Å². The summed E-state index contributed by atoms with van der Waals surface area (Å²) in [5.41, 5.74) is 2.24. The van der Waals surface area contributed by atoms with Gasteiger partial charge in [-0.25, -0.2) is 0 Å². The molecule has 0 bridgehead atoms. The number of carbonyl (C=O) groups excluding carboxylic acids is 1. The van der Waals surface area contributed by atoms with Crippen LogP contribution in [0.25, 0.3) is 0 Å². The molecule has 0 radical (unpaired) electrons. The monoisotopic (exact) mass is 355 g/mol. The second kappa shape index (κ2) is 9.55. The maximum Gasteiger partial charge on any atom is 0.227 e. The van der Waals surface area contributed by atoms with Crippen molar-refractivity contribution in [1.29, 1.82) is 0 Å². The second-order valence-corrected chi connectivity index (χ2v) is 6.90. The van der Waals surface area contributed by atoms with Gasteiger partial charge in [-0.2, -0.15) is 0 Å². The van der Waals surface area contributed by atoms with E-state index in [1.807, 2.05) is 54.5 Å². The van der Waals surface area contributed by atoms with Gasteiger partial charge in [0, 0.05) is 45.1 Å². The molecule has 5 heteroatoms. The van der Waals surface area contributed by atoms with Crippen LogP contribution in [0.4, 0.5) is 0 Å². The highest BCUT2D eigenvalue weighted by molar-refractivity contribution is 5.78. The third kappa shape index (κ3) is 5.44. The van der Waals surface area contributed by atoms with Crippen LogP contribution in [-0.2, 0) is 29.5 Å². The molecule has 1 saturated heterocycles. The fraction of sp³-hybridized carbons (Fsp3) is 0.476. The largest absolute Gasteiger partial charge is 0.379 e. The summed E-state index contributed by atoms with van der Waals surface area (Å²) >= 11 is 0. The number of aromatic nitrogens is 1. The van der Waals surface area contributed by atoms with Crippen LogP contribution in [0.1, 0.15) is 17.7 Å². The third-order valence-corrected chi connectivity index (χ3v) is 4.96. The normalized spacial score (nSPS) is 15.1. The minimum atomic E-state index is 0.194. The van der Waals surface area contributed by atoms with Crippen molar-refractivity contribution < 1.29 is 9.53 Å². The number of carbonyl (C=O) groups is 1. The van der Waals surface area contributed by atoms with E-state index in [0.29, 0.717) is 13.0 Å². The van der Waals surface area contributed by atoms with Crippen molar-refractivity contribution in [3.8, 4) is 0 Å². The van der Waals surface area contributed by atoms with Gasteiger partial charge < -0.3 is 14.2 Å². The molecular weight excluding hydrogens is 326 g/mol. The van der Waals surface area contributed by atoms with E-state index < -0.39 is 0 Å². The van der Waals surface area contributed by atoms with Gasteiger partial charge >= 0.3 is 0 Å². The first-order valence-electron chi connectivity index (χ1n) is 9.44. The highest BCUT2D eigenvalue weighted by Gasteiger charge is 2.17. The van der Waals surface area contributed by atoms with Crippen LogP contribution in [0, 0.1) is 0 Å². The van der Waals surface area contributed by atoms with Gasteiger partial charge in [0.2, 0.25) is 5.91 Å². The van der Waals surface area contributed by atoms with Crippen LogP contribution in [0.5, 0.6) is 0 Å². The first-order valence-corrected chi connectivity index (χ1v) is 9.44. The summed E-state index contributed by atoms with van der Waals surface area (Å²) in [6.45, 7) is 6.10. The summed E-state index contributed by atoms with van der Waals surface area (Å²) in [5, 5.41) is 0. The molecule has 2 heterocycles. The molecule has 1 aromatic heterocycles. The van der Waals surface area contributed by atoms with E-state index in [-0.39, 0.29) is 5.91 Å². The van der Waals surface area contributed by atoms with Crippen LogP contribution in [0.15, 0.2) is 48.7 Å². The van der Waals surface area contributed by atoms with E-state index in [1.54, 1.807) is 0 Å². The van der Waals surface area contributed by atoms with Gasteiger partial charge in [0.05, 0.1) is 26.2 Å². The Morgan fingerprint density at radius 1 is 1.12 bits per heavy atom. The van der Waals surface area contributed by atoms with Crippen molar-refractivity contribution in [3.05, 3.63) is 59.9 Å². The molecule has 1 aliphatic heterocycles. The van der Waals surface area contributed by atoms with Gasteiger partial charge in [-0.1, -0.05) is 30.3 Å². The number of hydrogen-bond acceptors (Lipinski definition) is 3. The molecule has 3 rings (SSSR count). The Hall–Kier alpha value is -2.11. The van der Waals surface area contributed by atoms with E-state index in [2.05, 4.69) is 15.5 Å². The van der Waals surface area contributed by atoms with Gasteiger partial charge in [0.15, 0.2) is 0 Å². The van der Waals surface area contributed by atoms with Gasteiger partial charge in [-0.15, -0.1) is 0 Å². The van der Waals surface area contributed by atoms with Gasteiger partial charge in [0.1, 0.15) is 0 Å². The van der Waals surface area contributed by atoms with E-state index in [0.717, 1.165) is 57.1 Å². The summed E-state index contributed by atoms with van der Waals surface area (Å²) < 4.78 is 7.49.